The SMILES string of the molecule is CN1C[C@H](O)C[C@H]1C(O)(c1ccc(C(F)(F)F)cc1)c1ccc(C(F)(F)F)cc1. The monoisotopic (exact) mass is 419 g/mol. The lowest BCUT2D eigenvalue weighted by Gasteiger charge is -2.39. The summed E-state index contributed by atoms with van der Waals surface area (Å²) in [5, 5.41) is 21.6. The van der Waals surface area contributed by atoms with E-state index >= 15 is 0 Å². The fraction of sp³-hybridized carbons (Fsp3) is 0.400. The molecule has 0 aromatic heterocycles. The average molecular weight is 419 g/mol. The van der Waals surface area contributed by atoms with E-state index < -0.39 is 41.2 Å². The number of likely N-dealkylation sites (tertiary alicyclic amines) is 1. The third-order valence-corrected chi connectivity index (χ3v) is 5.31. The number of benzene rings is 2. The van der Waals surface area contributed by atoms with Crippen LogP contribution in [0.1, 0.15) is 28.7 Å². The van der Waals surface area contributed by atoms with Crippen LogP contribution in [0.2, 0.25) is 0 Å². The van der Waals surface area contributed by atoms with Crippen molar-refractivity contribution in [2.24, 2.45) is 0 Å². The fourth-order valence-electron chi connectivity index (χ4n) is 3.84. The second-order valence-electron chi connectivity index (χ2n) is 7.26. The van der Waals surface area contributed by atoms with E-state index in [-0.39, 0.29) is 24.1 Å². The molecule has 2 aromatic carbocycles. The third kappa shape index (κ3) is 4.12. The minimum Gasteiger partial charge on any atom is -0.392 e. The largest absolute Gasteiger partial charge is 0.416 e. The Morgan fingerprint density at radius 2 is 1.10 bits per heavy atom. The van der Waals surface area contributed by atoms with Gasteiger partial charge in [-0.05, 0) is 48.9 Å². The normalized spacial score (nSPS) is 21.6. The van der Waals surface area contributed by atoms with Crippen LogP contribution in [0, 0.1) is 0 Å². The predicted molar refractivity (Wildman–Crippen MR) is 92.9 cm³/mol. The van der Waals surface area contributed by atoms with Gasteiger partial charge in [0.15, 0.2) is 0 Å². The van der Waals surface area contributed by atoms with Gasteiger partial charge in [0.1, 0.15) is 5.60 Å². The zero-order chi connectivity index (χ0) is 21.6. The molecule has 0 aliphatic carbocycles. The molecule has 0 spiro atoms. The number of β-amino-alcohol motifs (C(OH)–C–C–N with tert-alkyl or cyclic N) is 1. The molecule has 3 rings (SSSR count). The maximum atomic E-state index is 12.9. The van der Waals surface area contributed by atoms with Crippen molar-refractivity contribution in [2.45, 2.75) is 36.5 Å². The minimum absolute atomic E-state index is 0.0937. The molecule has 0 radical (unpaired) electrons. The van der Waals surface area contributed by atoms with Gasteiger partial charge in [0.2, 0.25) is 0 Å². The first-order chi connectivity index (χ1) is 13.3. The lowest BCUT2D eigenvalue weighted by atomic mass is 9.78. The fourth-order valence-corrected chi connectivity index (χ4v) is 3.84. The first-order valence-electron chi connectivity index (χ1n) is 8.79. The molecule has 0 saturated carbocycles. The number of nitrogens with zero attached hydrogens (tertiary/aromatic N) is 1. The Balaban J connectivity index is 2.10. The van der Waals surface area contributed by atoms with Crippen LogP contribution >= 0.6 is 0 Å². The molecule has 3 nitrogen and oxygen atoms in total. The molecule has 1 fully saturated rings. The summed E-state index contributed by atoms with van der Waals surface area (Å²) in [5.74, 6) is 0. The van der Waals surface area contributed by atoms with E-state index in [1.165, 1.54) is 0 Å². The Kier molecular flexibility index (Phi) is 5.44. The zero-order valence-corrected chi connectivity index (χ0v) is 15.3. The zero-order valence-electron chi connectivity index (χ0n) is 15.3. The highest BCUT2D eigenvalue weighted by atomic mass is 19.4. The van der Waals surface area contributed by atoms with E-state index in [2.05, 4.69) is 0 Å². The number of hydrogen-bond donors (Lipinski definition) is 2. The minimum atomic E-state index is -4.56. The van der Waals surface area contributed by atoms with Crippen molar-refractivity contribution in [2.75, 3.05) is 13.6 Å². The Labute approximate surface area is 163 Å². The Bertz CT molecular complexity index is 788. The van der Waals surface area contributed by atoms with Crippen molar-refractivity contribution in [1.82, 2.24) is 4.90 Å². The number of likely N-dealkylation sites (N-methyl/N-ethyl adjacent to an activating group) is 1. The highest BCUT2D eigenvalue weighted by molar-refractivity contribution is 5.41. The van der Waals surface area contributed by atoms with Crippen LogP contribution in [0.5, 0.6) is 0 Å². The molecule has 0 unspecified atom stereocenters. The van der Waals surface area contributed by atoms with Crippen LogP contribution < -0.4 is 0 Å². The molecule has 1 saturated heterocycles. The summed E-state index contributed by atoms with van der Waals surface area (Å²) in [6, 6.07) is 6.96. The Hall–Kier alpha value is -2.10. The van der Waals surface area contributed by atoms with E-state index in [4.69, 9.17) is 0 Å². The summed E-state index contributed by atoms with van der Waals surface area (Å²) in [5.41, 5.74) is -3.54. The van der Waals surface area contributed by atoms with E-state index in [0.717, 1.165) is 48.5 Å². The number of aliphatic hydroxyl groups excluding tert-OH is 1. The molecule has 2 aromatic rings. The quantitative estimate of drug-likeness (QED) is 0.739. The number of rotatable bonds is 3. The molecule has 29 heavy (non-hydrogen) atoms. The van der Waals surface area contributed by atoms with Crippen LogP contribution in [-0.4, -0.2) is 40.9 Å². The maximum absolute atomic E-state index is 12.9. The van der Waals surface area contributed by atoms with Gasteiger partial charge in [0.05, 0.1) is 17.2 Å². The van der Waals surface area contributed by atoms with Crippen molar-refractivity contribution in [3.05, 3.63) is 70.8 Å². The lowest BCUT2D eigenvalue weighted by Crippen LogP contribution is -2.47. The summed E-state index contributed by atoms with van der Waals surface area (Å²) >= 11 is 0. The number of alkyl halides is 6. The average Bonchev–Trinajstić information content (AvgIpc) is 2.98. The van der Waals surface area contributed by atoms with Gasteiger partial charge in [-0.2, -0.15) is 26.3 Å². The first-order valence-corrected chi connectivity index (χ1v) is 8.79. The lowest BCUT2D eigenvalue weighted by molar-refractivity contribution is -0.138. The van der Waals surface area contributed by atoms with Crippen molar-refractivity contribution < 1.29 is 36.6 Å². The third-order valence-electron chi connectivity index (χ3n) is 5.31. The van der Waals surface area contributed by atoms with Gasteiger partial charge in [-0.3, -0.25) is 4.90 Å². The summed E-state index contributed by atoms with van der Waals surface area (Å²) < 4.78 is 77.4. The number of halogens is 6. The first kappa shape index (κ1) is 21.6. The summed E-state index contributed by atoms with van der Waals surface area (Å²) in [7, 11) is 1.63. The second kappa shape index (κ2) is 7.30. The van der Waals surface area contributed by atoms with Gasteiger partial charge >= 0.3 is 12.4 Å². The molecule has 158 valence electrons. The van der Waals surface area contributed by atoms with Gasteiger partial charge in [-0.25, -0.2) is 0 Å². The molecule has 2 atom stereocenters. The van der Waals surface area contributed by atoms with Crippen LogP contribution in [0.15, 0.2) is 48.5 Å². The molecular formula is C20H19F6NO2. The second-order valence-corrected chi connectivity index (χ2v) is 7.26. The van der Waals surface area contributed by atoms with Gasteiger partial charge in [-0.15, -0.1) is 0 Å². The Morgan fingerprint density at radius 3 is 1.38 bits per heavy atom. The molecule has 1 heterocycles. The highest BCUT2D eigenvalue weighted by Crippen LogP contribution is 2.42. The van der Waals surface area contributed by atoms with Crippen molar-refractivity contribution >= 4 is 0 Å². The molecule has 1 aliphatic heterocycles. The molecule has 0 amide bonds. The van der Waals surface area contributed by atoms with Crippen molar-refractivity contribution in [3.8, 4) is 0 Å². The summed E-state index contributed by atoms with van der Waals surface area (Å²) in [6.07, 6.45) is -9.80. The molecule has 2 N–H and O–H groups in total. The van der Waals surface area contributed by atoms with Crippen molar-refractivity contribution in [1.29, 1.82) is 0 Å². The van der Waals surface area contributed by atoms with E-state index in [9.17, 15) is 36.6 Å². The van der Waals surface area contributed by atoms with Crippen LogP contribution in [0.4, 0.5) is 26.3 Å². The topological polar surface area (TPSA) is 43.7 Å². The Morgan fingerprint density at radius 1 is 0.759 bits per heavy atom. The number of hydrogen-bond acceptors (Lipinski definition) is 3. The van der Waals surface area contributed by atoms with E-state index in [1.54, 1.807) is 11.9 Å². The van der Waals surface area contributed by atoms with Crippen LogP contribution in [0.3, 0.4) is 0 Å². The molecule has 0 bridgehead atoms. The predicted octanol–water partition coefficient (Wildman–Crippen LogP) is 4.03. The summed E-state index contributed by atoms with van der Waals surface area (Å²) in [6.45, 7) is 0.217. The smallest absolute Gasteiger partial charge is 0.392 e. The van der Waals surface area contributed by atoms with Gasteiger partial charge < -0.3 is 10.2 Å². The molecule has 9 heteroatoms. The standard InChI is InChI=1S/C20H19F6NO2/c1-27-11-16(28)10-17(27)18(29,12-2-6-14(7-3-12)19(21,22)23)13-4-8-15(9-5-13)20(24,25)26/h2-9,16-17,28-29H,10-11H2,1H3/t16-,17+/m1/s1. The van der Waals surface area contributed by atoms with Crippen LogP contribution in [-0.2, 0) is 18.0 Å². The maximum Gasteiger partial charge on any atom is 0.416 e. The van der Waals surface area contributed by atoms with E-state index in [0.29, 0.717) is 0 Å². The van der Waals surface area contributed by atoms with Gasteiger partial charge in [0, 0.05) is 12.6 Å². The summed E-state index contributed by atoms with van der Waals surface area (Å²) in [4.78, 5) is 1.64. The van der Waals surface area contributed by atoms with Gasteiger partial charge in [-0.1, -0.05) is 24.3 Å². The van der Waals surface area contributed by atoms with Gasteiger partial charge in [0.25, 0.3) is 0 Å². The van der Waals surface area contributed by atoms with E-state index in [1.807, 2.05) is 0 Å². The number of aliphatic hydroxyl groups is 2. The van der Waals surface area contributed by atoms with Crippen LogP contribution in [0.25, 0.3) is 0 Å². The van der Waals surface area contributed by atoms with Crippen molar-refractivity contribution in [3.63, 3.8) is 0 Å². The molecular weight excluding hydrogens is 400 g/mol. The molecule has 1 aliphatic rings. The highest BCUT2D eigenvalue weighted by Gasteiger charge is 2.47.